The summed E-state index contributed by atoms with van der Waals surface area (Å²) in [4.78, 5) is 11.2. The van der Waals surface area contributed by atoms with Crippen LogP contribution in [0.4, 0.5) is 0 Å². The lowest BCUT2D eigenvalue weighted by molar-refractivity contribution is -0.119. The second kappa shape index (κ2) is 8.94. The van der Waals surface area contributed by atoms with E-state index in [9.17, 15) is 4.79 Å². The number of thiocarbonyl (C=S) groups is 1. The molecule has 0 aromatic rings. The molecule has 0 spiro atoms. The minimum Gasteiger partial charge on any atom is -0.365 e. The molecule has 0 aromatic carbocycles. The largest absolute Gasteiger partial charge is 0.365 e. The Morgan fingerprint density at radius 2 is 1.86 bits per heavy atom. The van der Waals surface area contributed by atoms with Crippen molar-refractivity contribution in [2.45, 2.75) is 45.4 Å². The minimum atomic E-state index is 0.0147. The maximum Gasteiger partial charge on any atom is 0.226 e. The van der Waals surface area contributed by atoms with Crippen molar-refractivity contribution in [1.82, 2.24) is 10.6 Å². The van der Waals surface area contributed by atoms with Crippen LogP contribution in [0.1, 0.15) is 45.4 Å². The van der Waals surface area contributed by atoms with E-state index in [2.05, 4.69) is 17.6 Å². The Kier molecular flexibility index (Phi) is 8.53. The third kappa shape index (κ3) is 7.98. The highest BCUT2D eigenvalue weighted by Crippen LogP contribution is 2.04. The van der Waals surface area contributed by atoms with Crippen LogP contribution in [0.25, 0.3) is 0 Å². The highest BCUT2D eigenvalue weighted by molar-refractivity contribution is 7.80. The first-order chi connectivity index (χ1) is 6.70. The first kappa shape index (κ1) is 13.4. The molecule has 0 fully saturated rings. The molecule has 0 bridgehead atoms. The molecule has 0 saturated carbocycles. The molecule has 0 heterocycles. The molecule has 2 N–H and O–H groups in total. The number of nitrogens with one attached hydrogen (secondary N) is 2. The molecule has 82 valence electrons. The highest BCUT2D eigenvalue weighted by Gasteiger charge is 2.01. The van der Waals surface area contributed by atoms with Crippen molar-refractivity contribution in [3.05, 3.63) is 0 Å². The molecule has 0 aliphatic rings. The molecular weight excluding hydrogens is 196 g/mol. The third-order valence-electron chi connectivity index (χ3n) is 1.99. The SMILES string of the molecule is CCCCCCCC(=O)NC(=S)NC. The van der Waals surface area contributed by atoms with Gasteiger partial charge in [-0.15, -0.1) is 0 Å². The number of rotatable bonds is 6. The zero-order chi connectivity index (χ0) is 10.8. The second-order valence-electron chi connectivity index (χ2n) is 3.29. The summed E-state index contributed by atoms with van der Waals surface area (Å²) < 4.78 is 0. The van der Waals surface area contributed by atoms with E-state index in [0.29, 0.717) is 11.5 Å². The van der Waals surface area contributed by atoms with Gasteiger partial charge >= 0.3 is 0 Å². The predicted octanol–water partition coefficient (Wildman–Crippen LogP) is 1.97. The van der Waals surface area contributed by atoms with Gasteiger partial charge in [0.2, 0.25) is 5.91 Å². The first-order valence-electron chi connectivity index (χ1n) is 5.22. The average Bonchev–Trinajstić information content (AvgIpc) is 2.17. The van der Waals surface area contributed by atoms with Gasteiger partial charge < -0.3 is 10.6 Å². The van der Waals surface area contributed by atoms with Crippen molar-refractivity contribution in [1.29, 1.82) is 0 Å². The van der Waals surface area contributed by atoms with E-state index >= 15 is 0 Å². The molecular formula is C10H20N2OS. The van der Waals surface area contributed by atoms with Crippen molar-refractivity contribution in [2.24, 2.45) is 0 Å². The Bertz CT molecular complexity index is 183. The predicted molar refractivity (Wildman–Crippen MR) is 63.2 cm³/mol. The van der Waals surface area contributed by atoms with Crippen LogP contribution in [0.5, 0.6) is 0 Å². The smallest absolute Gasteiger partial charge is 0.226 e. The fourth-order valence-electron chi connectivity index (χ4n) is 1.14. The fourth-order valence-corrected chi connectivity index (χ4v) is 1.25. The Morgan fingerprint density at radius 3 is 2.43 bits per heavy atom. The van der Waals surface area contributed by atoms with Gasteiger partial charge in [-0.25, -0.2) is 0 Å². The average molecular weight is 216 g/mol. The maximum absolute atomic E-state index is 11.2. The lowest BCUT2D eigenvalue weighted by Crippen LogP contribution is -2.36. The van der Waals surface area contributed by atoms with Crippen molar-refractivity contribution < 1.29 is 4.79 Å². The topological polar surface area (TPSA) is 41.1 Å². The lowest BCUT2D eigenvalue weighted by Gasteiger charge is -2.05. The van der Waals surface area contributed by atoms with E-state index in [1.165, 1.54) is 19.3 Å². The molecule has 0 aromatic heterocycles. The minimum absolute atomic E-state index is 0.0147. The van der Waals surface area contributed by atoms with E-state index in [1.807, 2.05) is 0 Å². The van der Waals surface area contributed by atoms with Crippen molar-refractivity contribution in [3.8, 4) is 0 Å². The van der Waals surface area contributed by atoms with E-state index in [0.717, 1.165) is 12.8 Å². The number of hydrogen-bond acceptors (Lipinski definition) is 2. The molecule has 0 rings (SSSR count). The van der Waals surface area contributed by atoms with Gasteiger partial charge in [-0.2, -0.15) is 0 Å². The van der Waals surface area contributed by atoms with Gasteiger partial charge in [0.05, 0.1) is 0 Å². The number of carbonyl (C=O) groups excluding carboxylic acids is 1. The number of hydrogen-bond donors (Lipinski definition) is 2. The van der Waals surface area contributed by atoms with Crippen LogP contribution in [0.2, 0.25) is 0 Å². The molecule has 14 heavy (non-hydrogen) atoms. The Morgan fingerprint density at radius 1 is 1.21 bits per heavy atom. The molecule has 0 aliphatic carbocycles. The molecule has 0 atom stereocenters. The highest BCUT2D eigenvalue weighted by atomic mass is 32.1. The summed E-state index contributed by atoms with van der Waals surface area (Å²) >= 11 is 4.81. The normalized spacial score (nSPS) is 9.57. The van der Waals surface area contributed by atoms with Crippen LogP contribution in [-0.4, -0.2) is 18.1 Å². The van der Waals surface area contributed by atoms with Gasteiger partial charge in [-0.05, 0) is 18.6 Å². The van der Waals surface area contributed by atoms with Crippen molar-refractivity contribution in [2.75, 3.05) is 7.05 Å². The van der Waals surface area contributed by atoms with E-state index in [4.69, 9.17) is 12.2 Å². The van der Waals surface area contributed by atoms with Crippen LogP contribution in [-0.2, 0) is 4.79 Å². The summed E-state index contributed by atoms with van der Waals surface area (Å²) in [5.41, 5.74) is 0. The van der Waals surface area contributed by atoms with Gasteiger partial charge in [0.1, 0.15) is 0 Å². The van der Waals surface area contributed by atoms with Crippen LogP contribution < -0.4 is 10.6 Å². The molecule has 0 aliphatic heterocycles. The van der Waals surface area contributed by atoms with Gasteiger partial charge in [-0.1, -0.05) is 32.6 Å². The lowest BCUT2D eigenvalue weighted by atomic mass is 10.1. The third-order valence-corrected chi connectivity index (χ3v) is 2.29. The number of carbonyl (C=O) groups is 1. The fraction of sp³-hybridized carbons (Fsp3) is 0.800. The summed E-state index contributed by atoms with van der Waals surface area (Å²) in [5.74, 6) is 0.0147. The zero-order valence-electron chi connectivity index (χ0n) is 9.06. The van der Waals surface area contributed by atoms with E-state index < -0.39 is 0 Å². The summed E-state index contributed by atoms with van der Waals surface area (Å²) in [6.07, 6.45) is 6.38. The van der Waals surface area contributed by atoms with Crippen LogP contribution in [0, 0.1) is 0 Å². The van der Waals surface area contributed by atoms with E-state index in [1.54, 1.807) is 7.05 Å². The maximum atomic E-state index is 11.2. The summed E-state index contributed by atoms with van der Waals surface area (Å²) in [6, 6.07) is 0. The summed E-state index contributed by atoms with van der Waals surface area (Å²) in [7, 11) is 1.70. The molecule has 3 nitrogen and oxygen atoms in total. The van der Waals surface area contributed by atoms with E-state index in [-0.39, 0.29) is 5.91 Å². The van der Waals surface area contributed by atoms with Crippen molar-refractivity contribution in [3.63, 3.8) is 0 Å². The van der Waals surface area contributed by atoms with Crippen LogP contribution >= 0.6 is 12.2 Å². The van der Waals surface area contributed by atoms with Gasteiger partial charge in [0.25, 0.3) is 0 Å². The standard InChI is InChI=1S/C10H20N2OS/c1-3-4-5-6-7-8-9(13)12-10(14)11-2/h3-8H2,1-2H3,(H2,11,12,13,14). The zero-order valence-corrected chi connectivity index (χ0v) is 9.88. The Balaban J connectivity index is 3.31. The van der Waals surface area contributed by atoms with Gasteiger partial charge in [0, 0.05) is 13.5 Å². The summed E-state index contributed by atoms with van der Waals surface area (Å²) in [6.45, 7) is 2.18. The molecule has 1 amide bonds. The molecule has 0 radical (unpaired) electrons. The Hall–Kier alpha value is -0.640. The first-order valence-corrected chi connectivity index (χ1v) is 5.63. The second-order valence-corrected chi connectivity index (χ2v) is 3.70. The number of unbranched alkanes of at least 4 members (excludes halogenated alkanes) is 4. The van der Waals surface area contributed by atoms with Crippen LogP contribution in [0.15, 0.2) is 0 Å². The molecule has 0 saturated heterocycles. The van der Waals surface area contributed by atoms with Gasteiger partial charge in [-0.3, -0.25) is 4.79 Å². The monoisotopic (exact) mass is 216 g/mol. The summed E-state index contributed by atoms with van der Waals surface area (Å²) in [5, 5.41) is 5.71. The molecule has 0 unspecified atom stereocenters. The molecule has 4 heteroatoms. The van der Waals surface area contributed by atoms with Crippen molar-refractivity contribution >= 4 is 23.2 Å². The Labute approximate surface area is 91.6 Å². The quantitative estimate of drug-likeness (QED) is 0.527. The van der Waals surface area contributed by atoms with Gasteiger partial charge in [0.15, 0.2) is 5.11 Å². The number of amides is 1. The van der Waals surface area contributed by atoms with Crippen LogP contribution in [0.3, 0.4) is 0 Å².